The molecule has 1 aromatic rings. The zero-order chi connectivity index (χ0) is 16.3. The summed E-state index contributed by atoms with van der Waals surface area (Å²) in [6.45, 7) is 0.617. The van der Waals surface area contributed by atoms with E-state index in [1.165, 1.54) is 7.05 Å². The van der Waals surface area contributed by atoms with Crippen molar-refractivity contribution in [3.05, 3.63) is 23.8 Å². The summed E-state index contributed by atoms with van der Waals surface area (Å²) >= 11 is 0. The van der Waals surface area contributed by atoms with E-state index in [9.17, 15) is 18.0 Å². The van der Waals surface area contributed by atoms with Crippen LogP contribution in [0, 0.1) is 0 Å². The summed E-state index contributed by atoms with van der Waals surface area (Å²) in [6.07, 6.45) is -5.63. The Morgan fingerprint density at radius 3 is 2.68 bits per heavy atom. The first kappa shape index (κ1) is 16.4. The first-order valence-electron chi connectivity index (χ1n) is 6.65. The lowest BCUT2D eigenvalue weighted by Crippen LogP contribution is -2.44. The maximum atomic E-state index is 13.0. The van der Waals surface area contributed by atoms with Gasteiger partial charge in [-0.15, -0.1) is 0 Å². The number of alkyl halides is 3. The molecule has 1 atom stereocenters. The number of hydrogen-bond donors (Lipinski definition) is 1. The van der Waals surface area contributed by atoms with Crippen molar-refractivity contribution in [1.82, 2.24) is 4.90 Å². The summed E-state index contributed by atoms with van der Waals surface area (Å²) in [5.41, 5.74) is 0.527. The summed E-state index contributed by atoms with van der Waals surface area (Å²) in [5, 5.41) is 8.68. The van der Waals surface area contributed by atoms with Crippen LogP contribution in [-0.4, -0.2) is 48.5 Å². The number of ether oxygens (including phenoxy) is 2. The van der Waals surface area contributed by atoms with Crippen LogP contribution in [0.1, 0.15) is 12.0 Å². The Labute approximate surface area is 125 Å². The van der Waals surface area contributed by atoms with Crippen molar-refractivity contribution in [3.8, 4) is 11.5 Å². The number of carbonyl (C=O) groups is 1. The molecule has 1 N–H and O–H groups in total. The van der Waals surface area contributed by atoms with Crippen LogP contribution in [0.15, 0.2) is 18.2 Å². The van der Waals surface area contributed by atoms with Crippen molar-refractivity contribution in [2.75, 3.05) is 20.3 Å². The lowest BCUT2D eigenvalue weighted by Gasteiger charge is -2.30. The molecule has 0 aromatic heterocycles. The molecule has 8 heteroatoms. The molecule has 22 heavy (non-hydrogen) atoms. The van der Waals surface area contributed by atoms with Crippen LogP contribution < -0.4 is 9.47 Å². The second-order valence-corrected chi connectivity index (χ2v) is 5.01. The van der Waals surface area contributed by atoms with Gasteiger partial charge in [0.15, 0.2) is 11.5 Å². The van der Waals surface area contributed by atoms with Gasteiger partial charge in [-0.25, -0.2) is 0 Å². The monoisotopic (exact) mass is 319 g/mol. The molecule has 0 saturated carbocycles. The van der Waals surface area contributed by atoms with E-state index in [2.05, 4.69) is 0 Å². The smallest absolute Gasteiger partial charge is 0.404 e. The predicted molar refractivity (Wildman–Crippen MR) is 71.0 cm³/mol. The van der Waals surface area contributed by atoms with E-state index in [0.717, 1.165) is 4.90 Å². The molecule has 1 aromatic carbocycles. The van der Waals surface area contributed by atoms with Gasteiger partial charge in [0, 0.05) is 12.1 Å². The number of rotatable bonds is 5. The molecule has 0 aliphatic carbocycles. The fourth-order valence-corrected chi connectivity index (χ4v) is 2.32. The number of para-hydroxylation sites is 1. The lowest BCUT2D eigenvalue weighted by molar-refractivity contribution is -0.188. The van der Waals surface area contributed by atoms with Crippen LogP contribution in [0.3, 0.4) is 0 Å². The van der Waals surface area contributed by atoms with Crippen molar-refractivity contribution < 1.29 is 32.5 Å². The van der Waals surface area contributed by atoms with Crippen LogP contribution in [0.5, 0.6) is 11.5 Å². The minimum absolute atomic E-state index is 0.0933. The Morgan fingerprint density at radius 2 is 2.05 bits per heavy atom. The predicted octanol–water partition coefficient (Wildman–Crippen LogP) is 2.30. The molecular formula is C14H16F3NO4. The largest absolute Gasteiger partial charge is 0.486 e. The molecule has 0 spiro atoms. The molecule has 0 fully saturated rings. The SMILES string of the molecule is CN(Cc1cccc2c1OCCO2)C(CC(=O)O)C(F)(F)F. The van der Waals surface area contributed by atoms with Gasteiger partial charge in [0.05, 0.1) is 6.42 Å². The van der Waals surface area contributed by atoms with Crippen molar-refractivity contribution in [2.45, 2.75) is 25.2 Å². The average Bonchev–Trinajstić information content (AvgIpc) is 2.44. The van der Waals surface area contributed by atoms with Crippen LogP contribution >= 0.6 is 0 Å². The molecule has 122 valence electrons. The fourth-order valence-electron chi connectivity index (χ4n) is 2.32. The van der Waals surface area contributed by atoms with Crippen LogP contribution in [0.2, 0.25) is 0 Å². The Kier molecular flexibility index (Phi) is 4.80. The third-order valence-corrected chi connectivity index (χ3v) is 3.35. The Balaban J connectivity index is 2.19. The highest BCUT2D eigenvalue weighted by atomic mass is 19.4. The summed E-state index contributed by atoms with van der Waals surface area (Å²) in [4.78, 5) is 11.6. The van der Waals surface area contributed by atoms with E-state index >= 15 is 0 Å². The highest BCUT2D eigenvalue weighted by molar-refractivity contribution is 5.67. The molecule has 2 rings (SSSR count). The number of nitrogens with zero attached hydrogens (tertiary/aromatic N) is 1. The quantitative estimate of drug-likeness (QED) is 0.902. The van der Waals surface area contributed by atoms with Gasteiger partial charge in [-0.2, -0.15) is 13.2 Å². The zero-order valence-electron chi connectivity index (χ0n) is 11.9. The third-order valence-electron chi connectivity index (χ3n) is 3.35. The Hall–Kier alpha value is -1.96. The van der Waals surface area contributed by atoms with E-state index in [1.54, 1.807) is 18.2 Å². The van der Waals surface area contributed by atoms with Crippen LogP contribution in [-0.2, 0) is 11.3 Å². The minimum Gasteiger partial charge on any atom is -0.486 e. The summed E-state index contributed by atoms with van der Waals surface area (Å²) in [5.74, 6) is -0.598. The second kappa shape index (κ2) is 6.43. The number of benzene rings is 1. The number of aliphatic carboxylic acids is 1. The fraction of sp³-hybridized carbons (Fsp3) is 0.500. The van der Waals surface area contributed by atoms with Crippen LogP contribution in [0.25, 0.3) is 0 Å². The van der Waals surface area contributed by atoms with Gasteiger partial charge in [-0.05, 0) is 13.1 Å². The molecule has 1 heterocycles. The number of hydrogen-bond acceptors (Lipinski definition) is 4. The first-order valence-corrected chi connectivity index (χ1v) is 6.65. The number of halogens is 3. The van der Waals surface area contributed by atoms with Gasteiger partial charge in [0.25, 0.3) is 0 Å². The third kappa shape index (κ3) is 3.82. The first-order chi connectivity index (χ1) is 10.3. The maximum Gasteiger partial charge on any atom is 0.404 e. The van der Waals surface area contributed by atoms with E-state index in [0.29, 0.717) is 30.3 Å². The van der Waals surface area contributed by atoms with Gasteiger partial charge < -0.3 is 14.6 Å². The number of carboxylic acids is 1. The van der Waals surface area contributed by atoms with Crippen molar-refractivity contribution in [1.29, 1.82) is 0 Å². The van der Waals surface area contributed by atoms with Crippen molar-refractivity contribution in [3.63, 3.8) is 0 Å². The molecular weight excluding hydrogens is 303 g/mol. The van der Waals surface area contributed by atoms with E-state index in [4.69, 9.17) is 14.6 Å². The summed E-state index contributed by atoms with van der Waals surface area (Å²) in [6, 6.07) is 2.91. The number of fused-ring (bicyclic) bond motifs is 1. The maximum absolute atomic E-state index is 13.0. The van der Waals surface area contributed by atoms with Gasteiger partial charge in [0.2, 0.25) is 0 Å². The average molecular weight is 319 g/mol. The molecule has 0 radical (unpaired) electrons. The molecule has 0 amide bonds. The van der Waals surface area contributed by atoms with Crippen molar-refractivity contribution >= 4 is 5.97 Å². The molecule has 5 nitrogen and oxygen atoms in total. The van der Waals surface area contributed by atoms with Gasteiger partial charge in [-0.3, -0.25) is 9.69 Å². The highest BCUT2D eigenvalue weighted by Gasteiger charge is 2.43. The van der Waals surface area contributed by atoms with Crippen molar-refractivity contribution in [2.24, 2.45) is 0 Å². The lowest BCUT2D eigenvalue weighted by atomic mass is 10.1. The zero-order valence-corrected chi connectivity index (χ0v) is 11.9. The molecule has 0 bridgehead atoms. The topological polar surface area (TPSA) is 59.0 Å². The normalized spacial score (nSPS) is 15.7. The summed E-state index contributed by atoms with van der Waals surface area (Å²) in [7, 11) is 1.24. The second-order valence-electron chi connectivity index (χ2n) is 5.01. The standard InChI is InChI=1S/C14H16F3NO4/c1-18(11(7-12(19)20)14(15,16)17)8-9-3-2-4-10-13(9)22-6-5-21-10/h2-4,11H,5-8H2,1H3,(H,19,20). The summed E-state index contributed by atoms with van der Waals surface area (Å²) < 4.78 is 49.9. The molecule has 0 saturated heterocycles. The van der Waals surface area contributed by atoms with Gasteiger partial charge >= 0.3 is 12.1 Å². The van der Waals surface area contributed by atoms with Gasteiger partial charge in [-0.1, -0.05) is 12.1 Å². The van der Waals surface area contributed by atoms with E-state index < -0.39 is 24.6 Å². The van der Waals surface area contributed by atoms with Crippen LogP contribution in [0.4, 0.5) is 13.2 Å². The highest BCUT2D eigenvalue weighted by Crippen LogP contribution is 2.35. The Morgan fingerprint density at radius 1 is 1.36 bits per heavy atom. The number of carboxylic acid groups (broad SMARTS) is 1. The Bertz CT molecular complexity index is 547. The molecule has 1 unspecified atom stereocenters. The van der Waals surface area contributed by atoms with Gasteiger partial charge in [0.1, 0.15) is 19.3 Å². The minimum atomic E-state index is -4.63. The van der Waals surface area contributed by atoms with E-state index in [-0.39, 0.29) is 6.54 Å². The molecule has 1 aliphatic rings. The molecule has 1 aliphatic heterocycles. The van der Waals surface area contributed by atoms with E-state index in [1.807, 2.05) is 0 Å².